The molecule has 0 radical (unpaired) electrons. The van der Waals surface area contributed by atoms with Crippen LogP contribution in [0, 0.1) is 5.82 Å². The molecule has 4 aromatic rings. The monoisotopic (exact) mass is 416 g/mol. The lowest BCUT2D eigenvalue weighted by Crippen LogP contribution is -1.97. The van der Waals surface area contributed by atoms with E-state index in [0.717, 1.165) is 41.7 Å². The van der Waals surface area contributed by atoms with Gasteiger partial charge in [0.15, 0.2) is 0 Å². The fourth-order valence-corrected chi connectivity index (χ4v) is 4.02. The molecule has 0 heterocycles. The predicted molar refractivity (Wildman–Crippen MR) is 126 cm³/mol. The third kappa shape index (κ3) is 4.91. The van der Waals surface area contributed by atoms with E-state index in [2.05, 4.69) is 49.4 Å². The SMILES string of the molecule is CCc1ccc(CCc2ccc3c(F)c(CCc4ccc(Cl)cc4)ccc3c2)cc1. The van der Waals surface area contributed by atoms with Gasteiger partial charge in [0.1, 0.15) is 5.82 Å². The van der Waals surface area contributed by atoms with Crippen LogP contribution in [-0.2, 0) is 32.1 Å². The van der Waals surface area contributed by atoms with Crippen LogP contribution in [0.25, 0.3) is 10.8 Å². The van der Waals surface area contributed by atoms with Crippen molar-refractivity contribution in [2.75, 3.05) is 0 Å². The minimum Gasteiger partial charge on any atom is -0.206 e. The van der Waals surface area contributed by atoms with E-state index < -0.39 is 0 Å². The molecule has 0 aliphatic rings. The van der Waals surface area contributed by atoms with E-state index in [4.69, 9.17) is 11.6 Å². The van der Waals surface area contributed by atoms with Gasteiger partial charge in [-0.3, -0.25) is 0 Å². The molecule has 4 aromatic carbocycles. The standard InChI is InChI=1S/C28H26ClF/c1-2-20-3-5-21(6-4-20)7-8-23-12-18-27-25(19-23)15-14-24(28(27)30)13-9-22-10-16-26(29)17-11-22/h3-6,10-12,14-19H,2,7-9,13H2,1H3. The highest BCUT2D eigenvalue weighted by Crippen LogP contribution is 2.24. The molecule has 0 saturated carbocycles. The summed E-state index contributed by atoms with van der Waals surface area (Å²) < 4.78 is 15.1. The first kappa shape index (κ1) is 20.6. The van der Waals surface area contributed by atoms with Crippen LogP contribution in [0.2, 0.25) is 5.02 Å². The molecule has 0 aliphatic heterocycles. The van der Waals surface area contributed by atoms with Crippen LogP contribution in [0.1, 0.15) is 34.7 Å². The van der Waals surface area contributed by atoms with E-state index in [0.29, 0.717) is 11.8 Å². The van der Waals surface area contributed by atoms with Gasteiger partial charge in [-0.05, 0) is 77.4 Å². The number of aryl methyl sites for hydroxylation is 5. The zero-order chi connectivity index (χ0) is 20.9. The molecule has 0 bridgehead atoms. The van der Waals surface area contributed by atoms with E-state index in [-0.39, 0.29) is 5.82 Å². The summed E-state index contributed by atoms with van der Waals surface area (Å²) in [7, 11) is 0. The molecule has 0 N–H and O–H groups in total. The van der Waals surface area contributed by atoms with Crippen molar-refractivity contribution in [1.29, 1.82) is 0 Å². The molecule has 0 spiro atoms. The van der Waals surface area contributed by atoms with Crippen molar-refractivity contribution in [3.8, 4) is 0 Å². The topological polar surface area (TPSA) is 0 Å². The van der Waals surface area contributed by atoms with Crippen LogP contribution in [0.15, 0.2) is 78.9 Å². The van der Waals surface area contributed by atoms with Crippen LogP contribution in [0.5, 0.6) is 0 Å². The molecular formula is C28H26ClF. The zero-order valence-corrected chi connectivity index (χ0v) is 18.1. The lowest BCUT2D eigenvalue weighted by molar-refractivity contribution is 0.620. The highest BCUT2D eigenvalue weighted by atomic mass is 35.5. The van der Waals surface area contributed by atoms with Gasteiger partial charge in [0, 0.05) is 10.4 Å². The maximum Gasteiger partial charge on any atom is 0.134 e. The van der Waals surface area contributed by atoms with Crippen molar-refractivity contribution < 1.29 is 4.39 Å². The van der Waals surface area contributed by atoms with Crippen molar-refractivity contribution in [2.45, 2.75) is 39.0 Å². The maximum atomic E-state index is 15.1. The number of rotatable bonds is 7. The lowest BCUT2D eigenvalue weighted by atomic mass is 9.97. The van der Waals surface area contributed by atoms with Gasteiger partial charge in [0.05, 0.1) is 0 Å². The summed E-state index contributed by atoms with van der Waals surface area (Å²) >= 11 is 5.94. The lowest BCUT2D eigenvalue weighted by Gasteiger charge is -2.09. The van der Waals surface area contributed by atoms with Crippen LogP contribution in [0.4, 0.5) is 4.39 Å². The molecule has 0 saturated heterocycles. The van der Waals surface area contributed by atoms with Crippen LogP contribution in [-0.4, -0.2) is 0 Å². The van der Waals surface area contributed by atoms with Gasteiger partial charge in [-0.25, -0.2) is 4.39 Å². The smallest absolute Gasteiger partial charge is 0.134 e. The molecular weight excluding hydrogens is 391 g/mol. The number of fused-ring (bicyclic) bond motifs is 1. The summed E-state index contributed by atoms with van der Waals surface area (Å²) in [6.07, 6.45) is 4.50. The van der Waals surface area contributed by atoms with E-state index in [1.54, 1.807) is 0 Å². The average molecular weight is 417 g/mol. The van der Waals surface area contributed by atoms with E-state index >= 15 is 4.39 Å². The molecule has 30 heavy (non-hydrogen) atoms. The Hall–Kier alpha value is -2.64. The largest absolute Gasteiger partial charge is 0.206 e. The molecule has 0 aliphatic carbocycles. The second-order valence-corrected chi connectivity index (χ2v) is 8.33. The van der Waals surface area contributed by atoms with Crippen molar-refractivity contribution in [1.82, 2.24) is 0 Å². The van der Waals surface area contributed by atoms with Crippen molar-refractivity contribution in [2.24, 2.45) is 0 Å². The van der Waals surface area contributed by atoms with Gasteiger partial charge < -0.3 is 0 Å². The minimum absolute atomic E-state index is 0.0943. The highest BCUT2D eigenvalue weighted by molar-refractivity contribution is 6.30. The normalized spacial score (nSPS) is 11.2. The van der Waals surface area contributed by atoms with Crippen LogP contribution < -0.4 is 0 Å². The van der Waals surface area contributed by atoms with Crippen LogP contribution >= 0.6 is 11.6 Å². The Kier molecular flexibility index (Phi) is 6.50. The van der Waals surface area contributed by atoms with Gasteiger partial charge in [0.25, 0.3) is 0 Å². The Labute approximate surface area is 183 Å². The van der Waals surface area contributed by atoms with Gasteiger partial charge in [0.2, 0.25) is 0 Å². The zero-order valence-electron chi connectivity index (χ0n) is 17.3. The number of halogens is 2. The van der Waals surface area contributed by atoms with Gasteiger partial charge in [-0.1, -0.05) is 85.3 Å². The maximum absolute atomic E-state index is 15.1. The number of benzene rings is 4. The quantitative estimate of drug-likeness (QED) is 0.288. The van der Waals surface area contributed by atoms with Crippen LogP contribution in [0.3, 0.4) is 0 Å². The Balaban J connectivity index is 1.45. The van der Waals surface area contributed by atoms with Gasteiger partial charge in [-0.15, -0.1) is 0 Å². The van der Waals surface area contributed by atoms with E-state index in [1.165, 1.54) is 22.3 Å². The Morgan fingerprint density at radius 1 is 0.633 bits per heavy atom. The second-order valence-electron chi connectivity index (χ2n) is 7.89. The Bertz CT molecular complexity index is 1130. The Morgan fingerprint density at radius 3 is 1.90 bits per heavy atom. The molecule has 4 rings (SSSR count). The highest BCUT2D eigenvalue weighted by Gasteiger charge is 2.09. The molecule has 0 fully saturated rings. The molecule has 0 nitrogen and oxygen atoms in total. The minimum atomic E-state index is -0.0943. The third-order valence-electron chi connectivity index (χ3n) is 5.83. The second kappa shape index (κ2) is 9.45. The van der Waals surface area contributed by atoms with E-state index in [1.807, 2.05) is 36.4 Å². The molecule has 0 aromatic heterocycles. The molecule has 2 heteroatoms. The first-order valence-corrected chi connectivity index (χ1v) is 11.0. The van der Waals surface area contributed by atoms with E-state index in [9.17, 15) is 0 Å². The molecule has 0 unspecified atom stereocenters. The molecule has 152 valence electrons. The fraction of sp³-hybridized carbons (Fsp3) is 0.214. The summed E-state index contributed by atoms with van der Waals surface area (Å²) in [4.78, 5) is 0. The summed E-state index contributed by atoms with van der Waals surface area (Å²) in [5.41, 5.74) is 5.89. The predicted octanol–water partition coefficient (Wildman–Crippen LogP) is 7.77. The Morgan fingerprint density at radius 2 is 1.20 bits per heavy atom. The number of hydrogen-bond donors (Lipinski definition) is 0. The summed E-state index contributed by atoms with van der Waals surface area (Å²) in [5, 5.41) is 2.41. The van der Waals surface area contributed by atoms with Gasteiger partial charge >= 0.3 is 0 Å². The van der Waals surface area contributed by atoms with Gasteiger partial charge in [-0.2, -0.15) is 0 Å². The third-order valence-corrected chi connectivity index (χ3v) is 6.08. The first-order valence-electron chi connectivity index (χ1n) is 10.6. The van der Waals surface area contributed by atoms with Crippen molar-refractivity contribution in [3.63, 3.8) is 0 Å². The number of hydrogen-bond acceptors (Lipinski definition) is 0. The average Bonchev–Trinajstić information content (AvgIpc) is 2.78. The fourth-order valence-electron chi connectivity index (χ4n) is 3.90. The summed E-state index contributed by atoms with van der Waals surface area (Å²) in [6, 6.07) is 26.7. The van der Waals surface area contributed by atoms with Crippen molar-refractivity contribution in [3.05, 3.63) is 118 Å². The summed E-state index contributed by atoms with van der Waals surface area (Å²) in [5.74, 6) is -0.0943. The molecule has 0 amide bonds. The first-order chi connectivity index (χ1) is 14.6. The van der Waals surface area contributed by atoms with Crippen molar-refractivity contribution >= 4 is 22.4 Å². The molecule has 0 atom stereocenters. The summed E-state index contributed by atoms with van der Waals surface area (Å²) in [6.45, 7) is 2.17.